The first-order chi connectivity index (χ1) is 18.2. The summed E-state index contributed by atoms with van der Waals surface area (Å²) < 4.78 is 0. The predicted octanol–water partition coefficient (Wildman–Crippen LogP) is -1.02. The topological polar surface area (TPSA) is 251 Å². The maximum Gasteiger partial charge on any atom is 0.326 e. The van der Waals surface area contributed by atoms with Gasteiger partial charge in [-0.2, -0.15) is 0 Å². The molecule has 14 nitrogen and oxygen atoms in total. The Labute approximate surface area is 225 Å². The highest BCUT2D eigenvalue weighted by Crippen LogP contribution is 2.13. The smallest absolute Gasteiger partial charge is 0.326 e. The Bertz CT molecular complexity index is 1030. The number of nitrogens with one attached hydrogen (secondary N) is 3. The molecular weight excluding hydrogens is 514 g/mol. The minimum atomic E-state index is -1.52. The van der Waals surface area contributed by atoms with Gasteiger partial charge in [-0.3, -0.25) is 24.0 Å². The zero-order chi connectivity index (χ0) is 29.7. The van der Waals surface area contributed by atoms with Gasteiger partial charge in [-0.15, -0.1) is 0 Å². The van der Waals surface area contributed by atoms with Gasteiger partial charge in [0.1, 0.15) is 23.9 Å². The second-order valence-corrected chi connectivity index (χ2v) is 9.24. The Hall–Kier alpha value is -4.20. The first-order valence-corrected chi connectivity index (χ1v) is 12.4. The van der Waals surface area contributed by atoms with E-state index in [1.54, 1.807) is 6.92 Å². The largest absolute Gasteiger partial charge is 0.508 e. The Morgan fingerprint density at radius 3 is 1.85 bits per heavy atom. The van der Waals surface area contributed by atoms with Gasteiger partial charge < -0.3 is 42.7 Å². The van der Waals surface area contributed by atoms with Gasteiger partial charge in [0.25, 0.3) is 0 Å². The van der Waals surface area contributed by atoms with Gasteiger partial charge in [0.2, 0.25) is 23.6 Å². The Balaban J connectivity index is 3.18. The number of aromatic hydroxyl groups is 1. The predicted molar refractivity (Wildman–Crippen MR) is 138 cm³/mol. The summed E-state index contributed by atoms with van der Waals surface area (Å²) in [4.78, 5) is 72.7. The number of phenolic OH excluding ortho intramolecular Hbond substituents is 1. The molecule has 0 aromatic heterocycles. The fourth-order valence-electron chi connectivity index (χ4n) is 3.48. The van der Waals surface area contributed by atoms with Gasteiger partial charge in [0.05, 0.1) is 6.04 Å². The molecule has 0 aliphatic heterocycles. The first kappa shape index (κ1) is 32.8. The van der Waals surface area contributed by atoms with Gasteiger partial charge in [-0.25, -0.2) is 4.79 Å². The molecule has 0 spiro atoms. The molecule has 0 fully saturated rings. The van der Waals surface area contributed by atoms with E-state index >= 15 is 0 Å². The molecule has 0 aliphatic rings. The number of aliphatic carboxylic acids is 2. The van der Waals surface area contributed by atoms with Crippen LogP contribution in [-0.2, 0) is 35.2 Å². The van der Waals surface area contributed by atoms with Crippen molar-refractivity contribution in [1.82, 2.24) is 16.0 Å². The molecule has 5 unspecified atom stereocenters. The number of rotatable bonds is 17. The number of carbonyl (C=O) groups is 6. The number of carbonyl (C=O) groups excluding carboxylic acids is 4. The Morgan fingerprint density at radius 2 is 1.33 bits per heavy atom. The fourth-order valence-corrected chi connectivity index (χ4v) is 3.48. The van der Waals surface area contributed by atoms with Crippen LogP contribution in [0.3, 0.4) is 0 Å². The molecule has 14 heteroatoms. The third-order valence-corrected chi connectivity index (χ3v) is 6.14. The van der Waals surface area contributed by atoms with E-state index in [0.717, 1.165) is 0 Å². The van der Waals surface area contributed by atoms with Crippen molar-refractivity contribution in [3.8, 4) is 5.75 Å². The third-order valence-electron chi connectivity index (χ3n) is 6.14. The van der Waals surface area contributed by atoms with E-state index in [9.17, 15) is 39.0 Å². The summed E-state index contributed by atoms with van der Waals surface area (Å²) in [5.41, 5.74) is 11.6. The van der Waals surface area contributed by atoms with Crippen LogP contribution in [0.5, 0.6) is 5.75 Å². The molecule has 0 heterocycles. The van der Waals surface area contributed by atoms with Crippen molar-refractivity contribution in [2.45, 2.75) is 76.5 Å². The van der Waals surface area contributed by atoms with Gasteiger partial charge >= 0.3 is 11.9 Å². The molecule has 1 rings (SSSR count). The molecule has 39 heavy (non-hydrogen) atoms. The zero-order valence-corrected chi connectivity index (χ0v) is 21.9. The summed E-state index contributed by atoms with van der Waals surface area (Å²) in [6, 6.07) is 0.653. The molecule has 0 bridgehead atoms. The number of primary amides is 1. The van der Waals surface area contributed by atoms with E-state index in [-0.39, 0.29) is 37.4 Å². The molecular formula is C25H37N5O9. The minimum absolute atomic E-state index is 0.0164. The number of hydrogen-bond acceptors (Lipinski definition) is 8. The summed E-state index contributed by atoms with van der Waals surface area (Å²) in [5, 5.41) is 35.2. The van der Waals surface area contributed by atoms with E-state index in [2.05, 4.69) is 16.0 Å². The molecule has 0 saturated heterocycles. The highest BCUT2D eigenvalue weighted by atomic mass is 16.4. The SMILES string of the molecule is CCC(C)C(N)C(=O)NC(Cc1ccc(O)cc1)C(=O)NC(CCC(=O)O)C(=O)NC(CCC(N)=O)C(=O)O. The summed E-state index contributed by atoms with van der Waals surface area (Å²) >= 11 is 0. The summed E-state index contributed by atoms with van der Waals surface area (Å²) in [6.07, 6.45) is -1.04. The van der Waals surface area contributed by atoms with Crippen LogP contribution in [0, 0.1) is 5.92 Å². The maximum absolute atomic E-state index is 13.3. The number of carboxylic acid groups (broad SMARTS) is 2. The molecule has 10 N–H and O–H groups in total. The minimum Gasteiger partial charge on any atom is -0.508 e. The number of benzene rings is 1. The van der Waals surface area contributed by atoms with E-state index in [4.69, 9.17) is 16.6 Å². The molecule has 0 radical (unpaired) electrons. The van der Waals surface area contributed by atoms with Crippen molar-refractivity contribution in [1.29, 1.82) is 0 Å². The Morgan fingerprint density at radius 1 is 0.821 bits per heavy atom. The molecule has 1 aromatic carbocycles. The van der Waals surface area contributed by atoms with Crippen molar-refractivity contribution in [2.75, 3.05) is 0 Å². The van der Waals surface area contributed by atoms with Gasteiger partial charge in [0, 0.05) is 19.3 Å². The van der Waals surface area contributed by atoms with E-state index in [0.29, 0.717) is 12.0 Å². The Kier molecular flexibility index (Phi) is 13.4. The lowest BCUT2D eigenvalue weighted by atomic mass is 9.98. The summed E-state index contributed by atoms with van der Waals surface area (Å²) in [7, 11) is 0. The van der Waals surface area contributed by atoms with Crippen LogP contribution in [-0.4, -0.2) is 75.1 Å². The van der Waals surface area contributed by atoms with Crippen molar-refractivity contribution in [3.63, 3.8) is 0 Å². The van der Waals surface area contributed by atoms with Gasteiger partial charge in [0.15, 0.2) is 0 Å². The standard InChI is InChI=1S/C25H37N5O9/c1-3-13(2)21(27)24(37)30-18(12-14-4-6-15(31)7-5-14)23(36)28-16(9-11-20(33)34)22(35)29-17(25(38)39)8-10-19(26)32/h4-7,13,16-18,21,31H,3,8-12,27H2,1-2H3,(H2,26,32)(H,28,36)(H,29,35)(H,30,37)(H,33,34)(H,38,39). The molecule has 0 saturated carbocycles. The van der Waals surface area contributed by atoms with Crippen molar-refractivity contribution in [3.05, 3.63) is 29.8 Å². The lowest BCUT2D eigenvalue weighted by Crippen LogP contribution is -2.58. The van der Waals surface area contributed by atoms with E-state index in [1.807, 2.05) is 6.92 Å². The second-order valence-electron chi connectivity index (χ2n) is 9.24. The number of amides is 4. The van der Waals surface area contributed by atoms with Gasteiger partial charge in [-0.1, -0.05) is 32.4 Å². The van der Waals surface area contributed by atoms with Crippen LogP contribution in [0.15, 0.2) is 24.3 Å². The highest BCUT2D eigenvalue weighted by Gasteiger charge is 2.31. The molecule has 5 atom stereocenters. The average molecular weight is 552 g/mol. The van der Waals surface area contributed by atoms with Crippen LogP contribution in [0.25, 0.3) is 0 Å². The number of carboxylic acids is 2. The third kappa shape index (κ3) is 11.8. The van der Waals surface area contributed by atoms with Crippen LogP contribution >= 0.6 is 0 Å². The van der Waals surface area contributed by atoms with Crippen LogP contribution in [0.1, 0.15) is 51.5 Å². The quantitative estimate of drug-likeness (QED) is 0.117. The lowest BCUT2D eigenvalue weighted by Gasteiger charge is -2.26. The summed E-state index contributed by atoms with van der Waals surface area (Å²) in [5.74, 6) is -6.18. The number of nitrogens with two attached hydrogens (primary N) is 2. The molecule has 4 amide bonds. The van der Waals surface area contributed by atoms with Crippen molar-refractivity contribution in [2.24, 2.45) is 17.4 Å². The lowest BCUT2D eigenvalue weighted by molar-refractivity contribution is -0.143. The number of hydrogen-bond donors (Lipinski definition) is 8. The summed E-state index contributed by atoms with van der Waals surface area (Å²) in [6.45, 7) is 3.61. The molecule has 216 valence electrons. The fraction of sp³-hybridized carbons (Fsp3) is 0.520. The van der Waals surface area contributed by atoms with Crippen molar-refractivity contribution < 1.29 is 44.1 Å². The second kappa shape index (κ2) is 15.9. The monoisotopic (exact) mass is 551 g/mol. The van der Waals surface area contributed by atoms with Gasteiger partial charge in [-0.05, 0) is 36.5 Å². The molecule has 0 aliphatic carbocycles. The van der Waals surface area contributed by atoms with Crippen molar-refractivity contribution >= 4 is 35.6 Å². The average Bonchev–Trinajstić information content (AvgIpc) is 2.87. The van der Waals surface area contributed by atoms with Crippen LogP contribution in [0.4, 0.5) is 0 Å². The normalized spacial score (nSPS) is 14.6. The van der Waals surface area contributed by atoms with E-state index < -0.39 is 66.2 Å². The maximum atomic E-state index is 13.3. The van der Waals surface area contributed by atoms with Crippen LogP contribution < -0.4 is 27.4 Å². The van der Waals surface area contributed by atoms with Crippen LogP contribution in [0.2, 0.25) is 0 Å². The number of phenols is 1. The first-order valence-electron chi connectivity index (χ1n) is 12.4. The zero-order valence-electron chi connectivity index (χ0n) is 21.9. The van der Waals surface area contributed by atoms with E-state index in [1.165, 1.54) is 24.3 Å². The molecule has 1 aromatic rings. The highest BCUT2D eigenvalue weighted by molar-refractivity contribution is 5.94.